The Morgan fingerprint density at radius 2 is 2.13 bits per heavy atom. The molecule has 1 aromatic heterocycles. The maximum Gasteiger partial charge on any atom is 0.151 e. The van der Waals surface area contributed by atoms with Gasteiger partial charge in [-0.2, -0.15) is 0 Å². The average molecular weight is 202 g/mol. The molecule has 0 amide bonds. The van der Waals surface area contributed by atoms with Crippen LogP contribution in [0.2, 0.25) is 0 Å². The molecule has 4 heteroatoms. The fourth-order valence-corrected chi connectivity index (χ4v) is 1.41. The Bertz CT molecular complexity index is 447. The molecule has 0 radical (unpaired) electrons. The van der Waals surface area contributed by atoms with Crippen molar-refractivity contribution in [2.75, 3.05) is 5.32 Å². The van der Waals surface area contributed by atoms with E-state index in [0.717, 1.165) is 11.5 Å². The first-order valence-electron chi connectivity index (χ1n) is 4.90. The minimum Gasteiger partial charge on any atom is -0.378 e. The summed E-state index contributed by atoms with van der Waals surface area (Å²) in [5, 5.41) is 11.2. The predicted octanol–water partition coefficient (Wildman–Crippen LogP) is 1.74. The SMILES string of the molecule is Cc1ccccc1NCc1nncn1C. The molecule has 1 N–H and O–H groups in total. The number of para-hydroxylation sites is 1. The van der Waals surface area contributed by atoms with Crippen LogP contribution >= 0.6 is 0 Å². The summed E-state index contributed by atoms with van der Waals surface area (Å²) in [4.78, 5) is 0. The van der Waals surface area contributed by atoms with E-state index in [9.17, 15) is 0 Å². The van der Waals surface area contributed by atoms with Crippen LogP contribution in [0.25, 0.3) is 0 Å². The number of rotatable bonds is 3. The van der Waals surface area contributed by atoms with Gasteiger partial charge in [-0.15, -0.1) is 10.2 Å². The van der Waals surface area contributed by atoms with Gasteiger partial charge in [-0.25, -0.2) is 0 Å². The molecule has 0 fully saturated rings. The second-order valence-corrected chi connectivity index (χ2v) is 3.53. The van der Waals surface area contributed by atoms with Gasteiger partial charge in [-0.05, 0) is 18.6 Å². The zero-order chi connectivity index (χ0) is 10.7. The van der Waals surface area contributed by atoms with Gasteiger partial charge in [0.1, 0.15) is 6.33 Å². The van der Waals surface area contributed by atoms with Crippen LogP contribution in [-0.4, -0.2) is 14.8 Å². The van der Waals surface area contributed by atoms with Crippen molar-refractivity contribution in [3.8, 4) is 0 Å². The number of anilines is 1. The average Bonchev–Trinajstić information content (AvgIpc) is 2.63. The van der Waals surface area contributed by atoms with Crippen LogP contribution in [0, 0.1) is 6.92 Å². The summed E-state index contributed by atoms with van der Waals surface area (Å²) >= 11 is 0. The fraction of sp³-hybridized carbons (Fsp3) is 0.273. The molecular weight excluding hydrogens is 188 g/mol. The molecule has 2 rings (SSSR count). The third-order valence-electron chi connectivity index (χ3n) is 2.39. The molecule has 1 heterocycles. The summed E-state index contributed by atoms with van der Waals surface area (Å²) in [6, 6.07) is 8.19. The number of benzene rings is 1. The standard InChI is InChI=1S/C11H14N4/c1-9-5-3-4-6-10(9)12-7-11-14-13-8-15(11)2/h3-6,8,12H,7H2,1-2H3. The fourth-order valence-electron chi connectivity index (χ4n) is 1.41. The van der Waals surface area contributed by atoms with Crippen LogP contribution in [0.5, 0.6) is 0 Å². The summed E-state index contributed by atoms with van der Waals surface area (Å²) in [5.74, 6) is 0.929. The Kier molecular flexibility index (Phi) is 2.67. The number of hydrogen-bond donors (Lipinski definition) is 1. The summed E-state index contributed by atoms with van der Waals surface area (Å²) in [5.41, 5.74) is 2.38. The van der Waals surface area contributed by atoms with Crippen LogP contribution in [-0.2, 0) is 13.6 Å². The lowest BCUT2D eigenvalue weighted by atomic mass is 10.2. The summed E-state index contributed by atoms with van der Waals surface area (Å²) in [6.07, 6.45) is 1.70. The summed E-state index contributed by atoms with van der Waals surface area (Å²) < 4.78 is 1.91. The van der Waals surface area contributed by atoms with E-state index >= 15 is 0 Å². The van der Waals surface area contributed by atoms with Crippen molar-refractivity contribution in [3.05, 3.63) is 42.0 Å². The zero-order valence-electron chi connectivity index (χ0n) is 8.94. The highest BCUT2D eigenvalue weighted by atomic mass is 15.3. The molecule has 4 nitrogen and oxygen atoms in total. The Balaban J connectivity index is 2.06. The molecule has 1 aromatic carbocycles. The van der Waals surface area contributed by atoms with Gasteiger partial charge in [0.25, 0.3) is 0 Å². The molecule has 0 aliphatic carbocycles. The lowest BCUT2D eigenvalue weighted by Gasteiger charge is -2.08. The second kappa shape index (κ2) is 4.13. The van der Waals surface area contributed by atoms with Crippen molar-refractivity contribution in [1.29, 1.82) is 0 Å². The molecule has 0 aliphatic rings. The molecule has 0 aliphatic heterocycles. The summed E-state index contributed by atoms with van der Waals surface area (Å²) in [6.45, 7) is 2.78. The number of nitrogens with zero attached hydrogens (tertiary/aromatic N) is 3. The van der Waals surface area contributed by atoms with E-state index in [0.29, 0.717) is 6.54 Å². The van der Waals surface area contributed by atoms with E-state index in [2.05, 4.69) is 34.6 Å². The number of nitrogens with one attached hydrogen (secondary N) is 1. The van der Waals surface area contributed by atoms with E-state index in [4.69, 9.17) is 0 Å². The van der Waals surface area contributed by atoms with Gasteiger partial charge >= 0.3 is 0 Å². The highest BCUT2D eigenvalue weighted by Crippen LogP contribution is 2.13. The van der Waals surface area contributed by atoms with Crippen LogP contribution in [0.4, 0.5) is 5.69 Å². The van der Waals surface area contributed by atoms with Crippen molar-refractivity contribution in [3.63, 3.8) is 0 Å². The van der Waals surface area contributed by atoms with Crippen molar-refractivity contribution >= 4 is 5.69 Å². The monoisotopic (exact) mass is 202 g/mol. The predicted molar refractivity (Wildman–Crippen MR) is 59.5 cm³/mol. The first kappa shape index (κ1) is 9.71. The minimum atomic E-state index is 0.696. The molecule has 0 unspecified atom stereocenters. The first-order valence-corrected chi connectivity index (χ1v) is 4.90. The van der Waals surface area contributed by atoms with Crippen LogP contribution in [0.15, 0.2) is 30.6 Å². The molecule has 0 saturated heterocycles. The van der Waals surface area contributed by atoms with Gasteiger partial charge in [0.15, 0.2) is 5.82 Å². The Hall–Kier alpha value is -1.84. The smallest absolute Gasteiger partial charge is 0.151 e. The Morgan fingerprint density at radius 1 is 1.33 bits per heavy atom. The third kappa shape index (κ3) is 2.15. The lowest BCUT2D eigenvalue weighted by Crippen LogP contribution is -2.06. The van der Waals surface area contributed by atoms with E-state index in [1.54, 1.807) is 6.33 Å². The van der Waals surface area contributed by atoms with Crippen molar-refractivity contribution in [1.82, 2.24) is 14.8 Å². The maximum absolute atomic E-state index is 4.01. The maximum atomic E-state index is 4.01. The van der Waals surface area contributed by atoms with Crippen molar-refractivity contribution in [2.45, 2.75) is 13.5 Å². The Morgan fingerprint density at radius 3 is 2.80 bits per heavy atom. The van der Waals surface area contributed by atoms with Crippen molar-refractivity contribution in [2.24, 2.45) is 7.05 Å². The van der Waals surface area contributed by atoms with Gasteiger partial charge in [0.2, 0.25) is 0 Å². The Labute approximate surface area is 89.0 Å². The molecule has 0 spiro atoms. The van der Waals surface area contributed by atoms with Gasteiger partial charge in [-0.1, -0.05) is 18.2 Å². The normalized spacial score (nSPS) is 10.3. The largest absolute Gasteiger partial charge is 0.378 e. The molecule has 78 valence electrons. The van der Waals surface area contributed by atoms with Gasteiger partial charge in [-0.3, -0.25) is 0 Å². The van der Waals surface area contributed by atoms with Crippen LogP contribution in [0.3, 0.4) is 0 Å². The third-order valence-corrected chi connectivity index (χ3v) is 2.39. The van der Waals surface area contributed by atoms with Gasteiger partial charge < -0.3 is 9.88 Å². The number of aryl methyl sites for hydroxylation is 2. The van der Waals surface area contributed by atoms with Crippen LogP contribution in [0.1, 0.15) is 11.4 Å². The molecule has 2 aromatic rings. The molecule has 15 heavy (non-hydrogen) atoms. The molecular formula is C11H14N4. The van der Waals surface area contributed by atoms with Gasteiger partial charge in [0, 0.05) is 12.7 Å². The first-order chi connectivity index (χ1) is 7.27. The highest BCUT2D eigenvalue weighted by molar-refractivity contribution is 5.50. The minimum absolute atomic E-state index is 0.696. The van der Waals surface area contributed by atoms with E-state index in [1.807, 2.05) is 23.7 Å². The summed E-state index contributed by atoms with van der Waals surface area (Å²) in [7, 11) is 1.94. The molecule has 0 saturated carbocycles. The molecule has 0 atom stereocenters. The number of aromatic nitrogens is 3. The van der Waals surface area contributed by atoms with Crippen molar-refractivity contribution < 1.29 is 0 Å². The highest BCUT2D eigenvalue weighted by Gasteiger charge is 2.01. The number of hydrogen-bond acceptors (Lipinski definition) is 3. The topological polar surface area (TPSA) is 42.7 Å². The van der Waals surface area contributed by atoms with E-state index in [1.165, 1.54) is 5.56 Å². The van der Waals surface area contributed by atoms with Crippen LogP contribution < -0.4 is 5.32 Å². The van der Waals surface area contributed by atoms with E-state index < -0.39 is 0 Å². The zero-order valence-corrected chi connectivity index (χ0v) is 8.94. The second-order valence-electron chi connectivity index (χ2n) is 3.53. The van der Waals surface area contributed by atoms with Gasteiger partial charge in [0.05, 0.1) is 6.54 Å². The molecule has 0 bridgehead atoms. The lowest BCUT2D eigenvalue weighted by molar-refractivity contribution is 0.812. The quantitative estimate of drug-likeness (QED) is 0.824. The van der Waals surface area contributed by atoms with E-state index in [-0.39, 0.29) is 0 Å².